The molecular weight excluding hydrogens is 488 g/mol. The Kier molecular flexibility index (Phi) is 6.65. The number of benzene rings is 4. The van der Waals surface area contributed by atoms with E-state index in [1.54, 1.807) is 0 Å². The molecule has 1 unspecified atom stereocenters. The molecule has 40 heavy (non-hydrogen) atoms. The van der Waals surface area contributed by atoms with Crippen molar-refractivity contribution in [2.24, 2.45) is 11.8 Å². The Bertz CT molecular complexity index is 1630. The Balaban J connectivity index is 1.41. The van der Waals surface area contributed by atoms with Crippen LogP contribution in [0.1, 0.15) is 43.4 Å². The third-order valence-corrected chi connectivity index (χ3v) is 10.1. The highest BCUT2D eigenvalue weighted by molar-refractivity contribution is 6.02. The average molecular weight is 528 g/mol. The van der Waals surface area contributed by atoms with Crippen LogP contribution in [0.2, 0.25) is 0 Å². The van der Waals surface area contributed by atoms with Crippen LogP contribution in [0.25, 0.3) is 32.4 Å². The smallest absolute Gasteiger partial charge is 0.135 e. The largest absolute Gasteiger partial charge is 0.363 e. The van der Waals surface area contributed by atoms with Crippen molar-refractivity contribution in [2.75, 3.05) is 19.7 Å². The van der Waals surface area contributed by atoms with Crippen LogP contribution in [0, 0.1) is 11.8 Å². The van der Waals surface area contributed by atoms with Crippen LogP contribution >= 0.6 is 0 Å². The third kappa shape index (κ3) is 4.24. The van der Waals surface area contributed by atoms with E-state index in [2.05, 4.69) is 98.4 Å². The monoisotopic (exact) mass is 527 g/mol. The van der Waals surface area contributed by atoms with E-state index >= 15 is 0 Å². The van der Waals surface area contributed by atoms with Gasteiger partial charge in [-0.15, -0.1) is 6.58 Å². The lowest BCUT2D eigenvalue weighted by molar-refractivity contribution is -0.985. The SMILES string of the molecule is C=CCO[C@H](c1ccnc2ccccc12)[C@@H]1C[C@@H]2CC[N+]1(Cc1c3ccccc3cc3ccccc13)C[C@H]2CC. The van der Waals surface area contributed by atoms with Crippen molar-refractivity contribution in [3.8, 4) is 0 Å². The fraction of sp³-hybridized carbons (Fsp3) is 0.324. The fourth-order valence-corrected chi connectivity index (χ4v) is 8.18. The van der Waals surface area contributed by atoms with Gasteiger partial charge in [-0.05, 0) is 57.6 Å². The first-order valence-corrected chi connectivity index (χ1v) is 15.0. The van der Waals surface area contributed by atoms with E-state index in [-0.39, 0.29) is 6.10 Å². The van der Waals surface area contributed by atoms with E-state index < -0.39 is 0 Å². The summed E-state index contributed by atoms with van der Waals surface area (Å²) in [7, 11) is 0. The second-order valence-corrected chi connectivity index (χ2v) is 12.1. The molecule has 0 aliphatic carbocycles. The van der Waals surface area contributed by atoms with Gasteiger partial charge in [0.15, 0.2) is 0 Å². The lowest BCUT2D eigenvalue weighted by Crippen LogP contribution is -2.68. The normalized spacial score (nSPS) is 25.0. The Hall–Kier alpha value is -3.53. The molecule has 3 fully saturated rings. The van der Waals surface area contributed by atoms with Crippen molar-refractivity contribution < 1.29 is 9.22 Å². The number of aromatic nitrogens is 1. The molecule has 0 spiro atoms. The van der Waals surface area contributed by atoms with E-state index in [1.165, 1.54) is 70.4 Å². The zero-order valence-corrected chi connectivity index (χ0v) is 23.5. The number of hydrogen-bond donors (Lipinski definition) is 0. The van der Waals surface area contributed by atoms with Gasteiger partial charge >= 0.3 is 0 Å². The van der Waals surface area contributed by atoms with E-state index in [0.29, 0.717) is 12.6 Å². The summed E-state index contributed by atoms with van der Waals surface area (Å²) < 4.78 is 7.91. The Morgan fingerprint density at radius 3 is 2.38 bits per heavy atom. The molecule has 5 aromatic rings. The van der Waals surface area contributed by atoms with Gasteiger partial charge in [0.2, 0.25) is 0 Å². The maximum absolute atomic E-state index is 6.82. The zero-order chi connectivity index (χ0) is 27.1. The quantitative estimate of drug-likeness (QED) is 0.114. The molecule has 3 heteroatoms. The third-order valence-electron chi connectivity index (χ3n) is 10.1. The van der Waals surface area contributed by atoms with Crippen molar-refractivity contribution in [1.82, 2.24) is 4.98 Å². The maximum Gasteiger partial charge on any atom is 0.135 e. The van der Waals surface area contributed by atoms with Crippen LogP contribution < -0.4 is 0 Å². The molecule has 0 amide bonds. The average Bonchev–Trinajstić information content (AvgIpc) is 3.01. The van der Waals surface area contributed by atoms with E-state index in [0.717, 1.165) is 28.4 Å². The molecular formula is C37H39N2O+. The topological polar surface area (TPSA) is 22.1 Å². The van der Waals surface area contributed by atoms with E-state index in [1.807, 2.05) is 12.3 Å². The van der Waals surface area contributed by atoms with Crippen LogP contribution in [-0.2, 0) is 11.3 Å². The van der Waals surface area contributed by atoms with Crippen molar-refractivity contribution in [3.63, 3.8) is 0 Å². The second kappa shape index (κ2) is 10.5. The van der Waals surface area contributed by atoms with Crippen LogP contribution in [0.4, 0.5) is 0 Å². The molecule has 5 atom stereocenters. The second-order valence-electron chi connectivity index (χ2n) is 12.1. The van der Waals surface area contributed by atoms with Gasteiger partial charge in [0, 0.05) is 35.9 Å². The molecule has 3 aliphatic heterocycles. The number of nitrogens with zero attached hydrogens (tertiary/aromatic N) is 2. The van der Waals surface area contributed by atoms with Crippen LogP contribution in [0.5, 0.6) is 0 Å². The van der Waals surface area contributed by atoms with Gasteiger partial charge in [-0.3, -0.25) is 4.98 Å². The minimum Gasteiger partial charge on any atom is -0.363 e. The van der Waals surface area contributed by atoms with Gasteiger partial charge in [0.05, 0.1) is 25.2 Å². The number of hydrogen-bond acceptors (Lipinski definition) is 2. The van der Waals surface area contributed by atoms with Gasteiger partial charge in [-0.2, -0.15) is 0 Å². The molecule has 0 saturated carbocycles. The summed E-state index contributed by atoms with van der Waals surface area (Å²) >= 11 is 0. The summed E-state index contributed by atoms with van der Waals surface area (Å²) in [5.41, 5.74) is 3.82. The highest BCUT2D eigenvalue weighted by atomic mass is 16.5. The molecule has 2 bridgehead atoms. The highest BCUT2D eigenvalue weighted by Gasteiger charge is 2.55. The standard InChI is InChI=1S/C37H39N2O/c1-3-21-40-37(33-17-19-38-35-16-10-9-15-32(33)35)36-23-27-18-20-39(36,24-26(27)4-2)25-34-30-13-7-5-11-28(30)22-29-12-6-8-14-31(29)34/h3,5-17,19,22,26-27,36-37H,1,4,18,20-21,23-25H2,2H3/q+1/t26-,27+,36+,37-,39?/m1/s1. The van der Waals surface area contributed by atoms with E-state index in [9.17, 15) is 0 Å². The fourth-order valence-electron chi connectivity index (χ4n) is 8.18. The zero-order valence-electron chi connectivity index (χ0n) is 23.5. The van der Waals surface area contributed by atoms with E-state index in [4.69, 9.17) is 9.72 Å². The van der Waals surface area contributed by atoms with Gasteiger partial charge in [0.25, 0.3) is 0 Å². The Morgan fingerprint density at radius 1 is 0.950 bits per heavy atom. The minimum atomic E-state index is -0.00672. The lowest BCUT2D eigenvalue weighted by atomic mass is 9.70. The molecule has 8 rings (SSSR count). The van der Waals surface area contributed by atoms with Gasteiger partial charge in [-0.25, -0.2) is 0 Å². The van der Waals surface area contributed by atoms with Gasteiger partial charge < -0.3 is 9.22 Å². The Morgan fingerprint density at radius 2 is 1.65 bits per heavy atom. The molecule has 3 aliphatic rings. The first kappa shape index (κ1) is 25.4. The molecule has 0 radical (unpaired) electrons. The maximum atomic E-state index is 6.82. The number of pyridine rings is 1. The number of para-hydroxylation sites is 1. The predicted molar refractivity (Wildman–Crippen MR) is 166 cm³/mol. The first-order valence-electron chi connectivity index (χ1n) is 15.0. The molecule has 4 heterocycles. The van der Waals surface area contributed by atoms with Crippen LogP contribution in [0.3, 0.4) is 0 Å². The first-order chi connectivity index (χ1) is 19.7. The molecule has 3 saturated heterocycles. The number of fused-ring (bicyclic) bond motifs is 6. The summed E-state index contributed by atoms with van der Waals surface area (Å²) in [4.78, 5) is 4.70. The molecule has 0 N–H and O–H groups in total. The number of piperidine rings is 3. The van der Waals surface area contributed by atoms with Gasteiger partial charge in [0.1, 0.15) is 18.7 Å². The Labute approximate surface area is 237 Å². The summed E-state index contributed by atoms with van der Waals surface area (Å²) in [5.74, 6) is 1.53. The van der Waals surface area contributed by atoms with Crippen LogP contribution in [0.15, 0.2) is 104 Å². The van der Waals surface area contributed by atoms with Crippen molar-refractivity contribution in [2.45, 2.75) is 44.9 Å². The number of ether oxygens (including phenoxy) is 1. The molecule has 1 aromatic heterocycles. The summed E-state index contributed by atoms with van der Waals surface area (Å²) in [6.07, 6.45) is 7.64. The lowest BCUT2D eigenvalue weighted by Gasteiger charge is -2.59. The van der Waals surface area contributed by atoms with Crippen LogP contribution in [-0.4, -0.2) is 35.2 Å². The summed E-state index contributed by atoms with van der Waals surface area (Å²) in [5, 5.41) is 6.67. The van der Waals surface area contributed by atoms with Gasteiger partial charge in [-0.1, -0.05) is 79.7 Å². The van der Waals surface area contributed by atoms with Crippen molar-refractivity contribution >= 4 is 32.4 Å². The number of rotatable bonds is 8. The summed E-state index contributed by atoms with van der Waals surface area (Å²) in [6, 6.07) is 31.5. The van der Waals surface area contributed by atoms with Crippen molar-refractivity contribution in [1.29, 1.82) is 0 Å². The highest BCUT2D eigenvalue weighted by Crippen LogP contribution is 2.50. The molecule has 202 valence electrons. The van der Waals surface area contributed by atoms with Crippen molar-refractivity contribution in [3.05, 3.63) is 115 Å². The summed E-state index contributed by atoms with van der Waals surface area (Å²) in [6.45, 7) is 10.4. The minimum absolute atomic E-state index is 0.00672. The number of quaternary nitrogens is 1. The molecule has 4 aromatic carbocycles. The predicted octanol–water partition coefficient (Wildman–Crippen LogP) is 8.62. The molecule has 3 nitrogen and oxygen atoms in total.